The summed E-state index contributed by atoms with van der Waals surface area (Å²) < 4.78 is 16.3. The maximum absolute atomic E-state index is 11.9. The van der Waals surface area contributed by atoms with Crippen LogP contribution in [0.1, 0.15) is 23.1 Å². The van der Waals surface area contributed by atoms with Crippen LogP contribution in [0.2, 0.25) is 0 Å². The molecule has 2 aromatic rings. The molecule has 1 amide bonds. The first-order valence-electron chi connectivity index (χ1n) is 7.98. The minimum atomic E-state index is -0.0435. The Kier molecular flexibility index (Phi) is 4.89. The molecule has 0 spiro atoms. The Morgan fingerprint density at radius 1 is 1.17 bits per heavy atom. The van der Waals surface area contributed by atoms with Gasteiger partial charge in [0.1, 0.15) is 5.75 Å². The summed E-state index contributed by atoms with van der Waals surface area (Å²) >= 11 is 0. The minimum absolute atomic E-state index is 0.0435. The van der Waals surface area contributed by atoms with Crippen LogP contribution in [0.15, 0.2) is 36.4 Å². The SMILES string of the molecule is Cc1cccc(OCCC(=O)NCc2ccc3c(c2)OCO3)c1C. The lowest BCUT2D eigenvalue weighted by atomic mass is 10.1. The molecule has 0 saturated heterocycles. The molecule has 2 aromatic carbocycles. The number of amides is 1. The monoisotopic (exact) mass is 327 g/mol. The van der Waals surface area contributed by atoms with E-state index >= 15 is 0 Å². The highest BCUT2D eigenvalue weighted by atomic mass is 16.7. The van der Waals surface area contributed by atoms with Crippen LogP contribution in [0.25, 0.3) is 0 Å². The van der Waals surface area contributed by atoms with Crippen molar-refractivity contribution < 1.29 is 19.0 Å². The molecule has 1 aliphatic heterocycles. The first-order chi connectivity index (χ1) is 11.6. The molecule has 5 nitrogen and oxygen atoms in total. The van der Waals surface area contributed by atoms with E-state index in [9.17, 15) is 4.79 Å². The van der Waals surface area contributed by atoms with Crippen molar-refractivity contribution in [3.8, 4) is 17.2 Å². The summed E-state index contributed by atoms with van der Waals surface area (Å²) in [6, 6.07) is 11.6. The van der Waals surface area contributed by atoms with Crippen molar-refractivity contribution in [2.24, 2.45) is 0 Å². The molecule has 1 aliphatic rings. The molecule has 0 bridgehead atoms. The first kappa shape index (κ1) is 16.2. The fourth-order valence-electron chi connectivity index (χ4n) is 2.47. The molecule has 0 fully saturated rings. The Balaban J connectivity index is 1.44. The van der Waals surface area contributed by atoms with Crippen molar-refractivity contribution in [2.75, 3.05) is 13.4 Å². The molecule has 5 heteroatoms. The van der Waals surface area contributed by atoms with Gasteiger partial charge < -0.3 is 19.5 Å². The fourth-order valence-corrected chi connectivity index (χ4v) is 2.47. The van der Waals surface area contributed by atoms with Gasteiger partial charge in [0.2, 0.25) is 12.7 Å². The smallest absolute Gasteiger partial charge is 0.231 e. The highest BCUT2D eigenvalue weighted by Crippen LogP contribution is 2.32. The van der Waals surface area contributed by atoms with Crippen LogP contribution in [-0.2, 0) is 11.3 Å². The minimum Gasteiger partial charge on any atom is -0.493 e. The van der Waals surface area contributed by atoms with E-state index in [0.29, 0.717) is 19.6 Å². The van der Waals surface area contributed by atoms with Crippen molar-refractivity contribution in [1.29, 1.82) is 0 Å². The molecule has 1 N–H and O–H groups in total. The third-order valence-corrected chi connectivity index (χ3v) is 4.07. The number of aryl methyl sites for hydroxylation is 1. The van der Waals surface area contributed by atoms with Gasteiger partial charge in [0.25, 0.3) is 0 Å². The Labute approximate surface area is 141 Å². The number of ether oxygens (including phenoxy) is 3. The van der Waals surface area contributed by atoms with E-state index in [1.165, 1.54) is 5.56 Å². The number of hydrogen-bond acceptors (Lipinski definition) is 4. The van der Waals surface area contributed by atoms with Gasteiger partial charge in [-0.1, -0.05) is 18.2 Å². The summed E-state index contributed by atoms with van der Waals surface area (Å²) in [6.07, 6.45) is 0.317. The highest BCUT2D eigenvalue weighted by Gasteiger charge is 2.13. The lowest BCUT2D eigenvalue weighted by Gasteiger charge is -2.11. The van der Waals surface area contributed by atoms with E-state index in [4.69, 9.17) is 14.2 Å². The molecule has 3 rings (SSSR count). The Morgan fingerprint density at radius 2 is 2.00 bits per heavy atom. The van der Waals surface area contributed by atoms with E-state index in [-0.39, 0.29) is 12.7 Å². The van der Waals surface area contributed by atoms with E-state index in [1.807, 2.05) is 50.2 Å². The highest BCUT2D eigenvalue weighted by molar-refractivity contribution is 5.76. The van der Waals surface area contributed by atoms with Gasteiger partial charge in [-0.15, -0.1) is 0 Å². The Bertz CT molecular complexity index is 742. The van der Waals surface area contributed by atoms with Crippen LogP contribution in [0.3, 0.4) is 0 Å². The van der Waals surface area contributed by atoms with Crippen LogP contribution in [0.4, 0.5) is 0 Å². The molecule has 126 valence electrons. The molecule has 0 radical (unpaired) electrons. The Hall–Kier alpha value is -2.69. The topological polar surface area (TPSA) is 56.8 Å². The number of carbonyl (C=O) groups excluding carboxylic acids is 1. The lowest BCUT2D eigenvalue weighted by molar-refractivity contribution is -0.121. The maximum Gasteiger partial charge on any atom is 0.231 e. The van der Waals surface area contributed by atoms with E-state index in [2.05, 4.69) is 5.32 Å². The lowest BCUT2D eigenvalue weighted by Crippen LogP contribution is -2.24. The average Bonchev–Trinajstić information content (AvgIpc) is 3.04. The molecule has 0 aromatic heterocycles. The quantitative estimate of drug-likeness (QED) is 0.886. The summed E-state index contributed by atoms with van der Waals surface area (Å²) in [5.41, 5.74) is 3.26. The number of fused-ring (bicyclic) bond motifs is 1. The summed E-state index contributed by atoms with van der Waals surface area (Å²) in [6.45, 7) is 5.13. The van der Waals surface area contributed by atoms with Gasteiger partial charge in [-0.25, -0.2) is 0 Å². The third kappa shape index (κ3) is 3.79. The zero-order valence-electron chi connectivity index (χ0n) is 13.9. The van der Waals surface area contributed by atoms with Crippen LogP contribution < -0.4 is 19.5 Å². The maximum atomic E-state index is 11.9. The second-order valence-electron chi connectivity index (χ2n) is 5.76. The molecule has 24 heavy (non-hydrogen) atoms. The molecular formula is C19H21NO4. The number of nitrogens with one attached hydrogen (secondary N) is 1. The summed E-state index contributed by atoms with van der Waals surface area (Å²) in [5.74, 6) is 2.25. The summed E-state index contributed by atoms with van der Waals surface area (Å²) in [7, 11) is 0. The second-order valence-corrected chi connectivity index (χ2v) is 5.76. The average molecular weight is 327 g/mol. The normalized spacial score (nSPS) is 12.1. The molecule has 0 aliphatic carbocycles. The van der Waals surface area contributed by atoms with E-state index in [0.717, 1.165) is 28.4 Å². The first-order valence-corrected chi connectivity index (χ1v) is 7.98. The Morgan fingerprint density at radius 3 is 2.88 bits per heavy atom. The van der Waals surface area contributed by atoms with Crippen molar-refractivity contribution in [3.63, 3.8) is 0 Å². The number of benzene rings is 2. The van der Waals surface area contributed by atoms with E-state index < -0.39 is 0 Å². The third-order valence-electron chi connectivity index (χ3n) is 4.07. The van der Waals surface area contributed by atoms with Gasteiger partial charge in [0.05, 0.1) is 13.0 Å². The number of rotatable bonds is 6. The fraction of sp³-hybridized carbons (Fsp3) is 0.316. The van der Waals surface area contributed by atoms with Crippen LogP contribution >= 0.6 is 0 Å². The van der Waals surface area contributed by atoms with Gasteiger partial charge in [0, 0.05) is 6.54 Å². The number of hydrogen-bond donors (Lipinski definition) is 1. The second kappa shape index (κ2) is 7.25. The molecule has 0 atom stereocenters. The summed E-state index contributed by atoms with van der Waals surface area (Å²) in [5, 5.41) is 2.89. The summed E-state index contributed by atoms with van der Waals surface area (Å²) in [4.78, 5) is 11.9. The van der Waals surface area contributed by atoms with Crippen LogP contribution in [0.5, 0.6) is 17.2 Å². The van der Waals surface area contributed by atoms with Gasteiger partial charge in [-0.2, -0.15) is 0 Å². The predicted molar refractivity (Wildman–Crippen MR) is 90.4 cm³/mol. The molecule has 1 heterocycles. The van der Waals surface area contributed by atoms with Gasteiger partial charge in [0.15, 0.2) is 11.5 Å². The van der Waals surface area contributed by atoms with Crippen LogP contribution in [0, 0.1) is 13.8 Å². The largest absolute Gasteiger partial charge is 0.493 e. The van der Waals surface area contributed by atoms with Crippen molar-refractivity contribution >= 4 is 5.91 Å². The molecule has 0 saturated carbocycles. The standard InChI is InChI=1S/C19H21NO4/c1-13-4-3-5-16(14(13)2)22-9-8-19(21)20-11-15-6-7-17-18(10-15)24-12-23-17/h3-7,10H,8-9,11-12H2,1-2H3,(H,20,21). The predicted octanol–water partition coefficient (Wildman–Crippen LogP) is 3.12. The molecular weight excluding hydrogens is 306 g/mol. The van der Waals surface area contributed by atoms with Crippen molar-refractivity contribution in [1.82, 2.24) is 5.32 Å². The van der Waals surface area contributed by atoms with E-state index in [1.54, 1.807) is 0 Å². The van der Waals surface area contributed by atoms with Crippen LogP contribution in [-0.4, -0.2) is 19.3 Å². The zero-order chi connectivity index (χ0) is 16.9. The van der Waals surface area contributed by atoms with Crippen molar-refractivity contribution in [3.05, 3.63) is 53.1 Å². The zero-order valence-corrected chi connectivity index (χ0v) is 13.9. The number of carbonyl (C=O) groups is 1. The van der Waals surface area contributed by atoms with Gasteiger partial charge in [-0.05, 0) is 48.7 Å². The van der Waals surface area contributed by atoms with Gasteiger partial charge in [-0.3, -0.25) is 4.79 Å². The van der Waals surface area contributed by atoms with Crippen molar-refractivity contribution in [2.45, 2.75) is 26.8 Å². The van der Waals surface area contributed by atoms with Gasteiger partial charge >= 0.3 is 0 Å². The molecule has 0 unspecified atom stereocenters.